The monoisotopic (exact) mass is 438 g/mol. The number of rotatable bonds is 11. The minimum absolute atomic E-state index is 0.0221. The Bertz CT molecular complexity index is 761. The minimum atomic E-state index is -2.07. The van der Waals surface area contributed by atoms with E-state index in [0.717, 1.165) is 32.1 Å². The minimum Gasteiger partial charge on any atom is -0.479 e. The predicted octanol–water partition coefficient (Wildman–Crippen LogP) is 1.14. The molecule has 1 unspecified atom stereocenters. The van der Waals surface area contributed by atoms with Gasteiger partial charge in [0.05, 0.1) is 30.7 Å². The number of carbonyl (C=O) groups is 3. The maximum absolute atomic E-state index is 12.6. The lowest BCUT2D eigenvalue weighted by atomic mass is 9.73. The fraction of sp³-hybridized carbons (Fsp3) is 0.714. The van der Waals surface area contributed by atoms with Gasteiger partial charge in [0.1, 0.15) is 0 Å². The average Bonchev–Trinajstić information content (AvgIpc) is 3.21. The number of amides is 1. The molecule has 1 aliphatic carbocycles. The van der Waals surface area contributed by atoms with E-state index in [0.29, 0.717) is 18.5 Å². The molecule has 31 heavy (non-hydrogen) atoms. The van der Waals surface area contributed by atoms with Gasteiger partial charge in [0.15, 0.2) is 11.3 Å². The van der Waals surface area contributed by atoms with Gasteiger partial charge in [-0.2, -0.15) is 0 Å². The molecular weight excluding hydrogens is 404 g/mol. The number of carbonyl (C=O) groups excluding carboxylic acids is 2. The second-order valence-electron chi connectivity index (χ2n) is 8.23. The molecule has 1 heterocycles. The molecule has 0 aromatic carbocycles. The van der Waals surface area contributed by atoms with Crippen molar-refractivity contribution in [3.05, 3.63) is 17.7 Å². The summed E-state index contributed by atoms with van der Waals surface area (Å²) in [6.45, 7) is 3.73. The number of nitrogens with zero attached hydrogens (tertiary/aromatic N) is 1. The Hall–Kier alpha value is -2.46. The third-order valence-electron chi connectivity index (χ3n) is 5.99. The molecule has 0 bridgehead atoms. The number of H-pyrrole nitrogens is 1. The van der Waals surface area contributed by atoms with Crippen LogP contribution in [-0.4, -0.2) is 62.3 Å². The molecule has 174 valence electrons. The Morgan fingerprint density at radius 2 is 2.03 bits per heavy atom. The largest absolute Gasteiger partial charge is 0.479 e. The number of aliphatic carboxylic acids is 1. The van der Waals surface area contributed by atoms with Crippen LogP contribution in [0.2, 0.25) is 0 Å². The molecule has 0 spiro atoms. The van der Waals surface area contributed by atoms with E-state index in [-0.39, 0.29) is 18.7 Å². The molecule has 0 radical (unpaired) electrons. The highest BCUT2D eigenvalue weighted by atomic mass is 16.5. The molecule has 0 saturated heterocycles. The van der Waals surface area contributed by atoms with Crippen molar-refractivity contribution >= 4 is 17.8 Å². The third kappa shape index (κ3) is 6.04. The number of ether oxygens (including phenoxy) is 1. The Morgan fingerprint density at radius 1 is 1.35 bits per heavy atom. The average molecular weight is 439 g/mol. The zero-order valence-electron chi connectivity index (χ0n) is 18.2. The second kappa shape index (κ2) is 11.2. The molecule has 3 atom stereocenters. The van der Waals surface area contributed by atoms with Crippen molar-refractivity contribution in [1.29, 1.82) is 0 Å². The molecule has 10 nitrogen and oxygen atoms in total. The van der Waals surface area contributed by atoms with Gasteiger partial charge in [0.2, 0.25) is 5.91 Å². The Morgan fingerprint density at radius 3 is 2.65 bits per heavy atom. The maximum Gasteiger partial charge on any atom is 0.358 e. The second-order valence-corrected chi connectivity index (χ2v) is 8.23. The van der Waals surface area contributed by atoms with E-state index in [1.165, 1.54) is 13.3 Å². The standard InChI is InChI=1S/C21H34N4O6/c1-3-4-10-31-19(27)17-16(23-12-24-17)11-15(22)18(26)25-13(2)21(30,20(28)29)14-8-6-5-7-9-14/h12-15,30H,3-11,22H2,1-2H3,(H,23,24)(H,25,26)(H,28,29)/t13-,15-,21?/m0/s1. The lowest BCUT2D eigenvalue weighted by Gasteiger charge is -2.39. The van der Waals surface area contributed by atoms with Gasteiger partial charge in [-0.1, -0.05) is 32.6 Å². The van der Waals surface area contributed by atoms with Gasteiger partial charge < -0.3 is 31.0 Å². The van der Waals surface area contributed by atoms with Gasteiger partial charge >= 0.3 is 11.9 Å². The van der Waals surface area contributed by atoms with Gasteiger partial charge in [0.25, 0.3) is 0 Å². The van der Waals surface area contributed by atoms with E-state index in [4.69, 9.17) is 10.5 Å². The first-order chi connectivity index (χ1) is 14.7. The third-order valence-corrected chi connectivity index (χ3v) is 5.99. The van der Waals surface area contributed by atoms with Crippen molar-refractivity contribution < 1.29 is 29.3 Å². The number of aromatic amines is 1. The molecule has 1 fully saturated rings. The molecule has 1 amide bonds. The number of unbranched alkanes of at least 4 members (excludes halogenated alkanes) is 1. The molecular formula is C21H34N4O6. The van der Waals surface area contributed by atoms with Gasteiger partial charge in [-0.25, -0.2) is 14.6 Å². The van der Waals surface area contributed by atoms with Gasteiger partial charge in [-0.3, -0.25) is 4.79 Å². The Balaban J connectivity index is 2.01. The van der Waals surface area contributed by atoms with E-state index in [2.05, 4.69) is 15.3 Å². The van der Waals surface area contributed by atoms with Crippen LogP contribution in [0.1, 0.15) is 75.0 Å². The zero-order valence-corrected chi connectivity index (χ0v) is 18.2. The maximum atomic E-state index is 12.6. The SMILES string of the molecule is CCCCOC(=O)c1nc[nH]c1C[C@H](N)C(=O)N[C@@H](C)C(O)(C(=O)O)C1CCCCC1. The normalized spacial score (nSPS) is 18.6. The highest BCUT2D eigenvalue weighted by Gasteiger charge is 2.49. The van der Waals surface area contributed by atoms with Crippen molar-refractivity contribution in [2.75, 3.05) is 6.61 Å². The van der Waals surface area contributed by atoms with E-state index in [9.17, 15) is 24.6 Å². The van der Waals surface area contributed by atoms with Gasteiger partial charge in [-0.05, 0) is 26.2 Å². The first-order valence-corrected chi connectivity index (χ1v) is 10.9. The summed E-state index contributed by atoms with van der Waals surface area (Å²) in [6, 6.07) is -2.11. The fourth-order valence-corrected chi connectivity index (χ4v) is 4.03. The molecule has 1 aromatic rings. The van der Waals surface area contributed by atoms with Crippen LogP contribution in [0, 0.1) is 5.92 Å². The van der Waals surface area contributed by atoms with E-state index in [1.54, 1.807) is 0 Å². The first-order valence-electron chi connectivity index (χ1n) is 10.9. The van der Waals surface area contributed by atoms with Crippen LogP contribution < -0.4 is 11.1 Å². The number of aliphatic hydroxyl groups is 1. The highest BCUT2D eigenvalue weighted by Crippen LogP contribution is 2.35. The zero-order chi connectivity index (χ0) is 23.0. The lowest BCUT2D eigenvalue weighted by Crippen LogP contribution is -2.62. The topological polar surface area (TPSA) is 168 Å². The van der Waals surface area contributed by atoms with E-state index < -0.39 is 41.4 Å². The van der Waals surface area contributed by atoms with Crippen molar-refractivity contribution in [2.45, 2.75) is 82.9 Å². The number of nitrogens with two attached hydrogens (primary N) is 1. The highest BCUT2D eigenvalue weighted by molar-refractivity contribution is 5.89. The summed E-state index contributed by atoms with van der Waals surface area (Å²) in [7, 11) is 0. The number of carboxylic acids is 1. The van der Waals surface area contributed by atoms with Crippen LogP contribution in [0.5, 0.6) is 0 Å². The van der Waals surface area contributed by atoms with Crippen molar-refractivity contribution in [2.24, 2.45) is 11.7 Å². The molecule has 1 aliphatic rings. The summed E-state index contributed by atoms with van der Waals surface area (Å²) in [4.78, 5) is 43.5. The summed E-state index contributed by atoms with van der Waals surface area (Å²) in [6.07, 6.45) is 6.79. The smallest absolute Gasteiger partial charge is 0.358 e. The molecule has 6 N–H and O–H groups in total. The molecule has 0 aliphatic heterocycles. The van der Waals surface area contributed by atoms with Crippen LogP contribution in [0.25, 0.3) is 0 Å². The molecule has 10 heteroatoms. The number of nitrogens with one attached hydrogen (secondary N) is 2. The quantitative estimate of drug-likeness (QED) is 0.253. The predicted molar refractivity (Wildman–Crippen MR) is 112 cm³/mol. The number of esters is 1. The molecule has 1 saturated carbocycles. The van der Waals surface area contributed by atoms with Crippen molar-refractivity contribution in [3.8, 4) is 0 Å². The van der Waals surface area contributed by atoms with E-state index >= 15 is 0 Å². The summed E-state index contributed by atoms with van der Waals surface area (Å²) in [5, 5.41) is 23.2. The van der Waals surface area contributed by atoms with Gasteiger partial charge in [-0.15, -0.1) is 0 Å². The first kappa shape index (κ1) is 24.8. The van der Waals surface area contributed by atoms with Crippen LogP contribution in [0.3, 0.4) is 0 Å². The van der Waals surface area contributed by atoms with Crippen LogP contribution >= 0.6 is 0 Å². The number of aromatic nitrogens is 2. The van der Waals surface area contributed by atoms with Crippen LogP contribution in [0.4, 0.5) is 0 Å². The number of imidazole rings is 1. The lowest BCUT2D eigenvalue weighted by molar-refractivity contribution is -0.171. The Labute approximate surface area is 181 Å². The summed E-state index contributed by atoms with van der Waals surface area (Å²) < 4.78 is 5.15. The number of carboxylic acid groups (broad SMARTS) is 1. The summed E-state index contributed by atoms with van der Waals surface area (Å²) >= 11 is 0. The fourth-order valence-electron chi connectivity index (χ4n) is 4.03. The van der Waals surface area contributed by atoms with Gasteiger partial charge in [0, 0.05) is 12.3 Å². The van der Waals surface area contributed by atoms with Crippen molar-refractivity contribution in [1.82, 2.24) is 15.3 Å². The van der Waals surface area contributed by atoms with Crippen molar-refractivity contribution in [3.63, 3.8) is 0 Å². The number of hydrogen-bond donors (Lipinski definition) is 5. The van der Waals surface area contributed by atoms with Crippen LogP contribution in [0.15, 0.2) is 6.33 Å². The van der Waals surface area contributed by atoms with Crippen LogP contribution in [-0.2, 0) is 20.7 Å². The summed E-state index contributed by atoms with van der Waals surface area (Å²) in [5.74, 6) is -3.01. The Kier molecular flexibility index (Phi) is 9.00. The summed E-state index contributed by atoms with van der Waals surface area (Å²) in [5.41, 5.74) is 4.36. The number of hydrogen-bond acceptors (Lipinski definition) is 7. The molecule has 1 aromatic heterocycles. The molecule has 2 rings (SSSR count). The van der Waals surface area contributed by atoms with E-state index in [1.807, 2.05) is 6.92 Å².